The molecule has 1 aromatic heterocycles. The Hall–Kier alpha value is -1.44. The maximum absolute atomic E-state index is 12.1. The summed E-state index contributed by atoms with van der Waals surface area (Å²) in [7, 11) is 0. The number of nitrogens with zero attached hydrogens (tertiary/aromatic N) is 1. The van der Waals surface area contributed by atoms with E-state index in [0.717, 1.165) is 0 Å². The number of carboxylic acids is 1. The van der Waals surface area contributed by atoms with E-state index in [0.29, 0.717) is 8.95 Å². The smallest absolute Gasteiger partial charge is 0.337 e. The van der Waals surface area contributed by atoms with Crippen molar-refractivity contribution < 1.29 is 14.7 Å². The third-order valence-electron chi connectivity index (χ3n) is 2.47. The summed E-state index contributed by atoms with van der Waals surface area (Å²) in [6.07, 6.45) is 0. The summed E-state index contributed by atoms with van der Waals surface area (Å²) in [5.74, 6) is -1.71. The summed E-state index contributed by atoms with van der Waals surface area (Å²) in [4.78, 5) is 27.3. The molecule has 0 aliphatic heterocycles. The summed E-state index contributed by atoms with van der Waals surface area (Å²) < 4.78 is 1.01. The van der Waals surface area contributed by atoms with Crippen molar-refractivity contribution in [2.75, 3.05) is 5.32 Å². The van der Waals surface area contributed by atoms with Gasteiger partial charge in [0.1, 0.15) is 10.8 Å². The van der Waals surface area contributed by atoms with E-state index in [4.69, 9.17) is 11.6 Å². The SMILES string of the molecule is O=C(Nc1c(Br)cc(Br)cc1C(=O)O)c1cccc(Cl)n1. The van der Waals surface area contributed by atoms with E-state index >= 15 is 0 Å². The van der Waals surface area contributed by atoms with Gasteiger partial charge in [-0.1, -0.05) is 33.6 Å². The minimum Gasteiger partial charge on any atom is -0.478 e. The molecule has 0 radical (unpaired) electrons. The Kier molecular flexibility index (Phi) is 4.97. The minimum absolute atomic E-state index is 0.0494. The van der Waals surface area contributed by atoms with Crippen LogP contribution in [0.5, 0.6) is 0 Å². The van der Waals surface area contributed by atoms with E-state index in [1.165, 1.54) is 18.2 Å². The molecule has 0 fully saturated rings. The number of rotatable bonds is 3. The zero-order valence-electron chi connectivity index (χ0n) is 10.2. The molecule has 2 aromatic rings. The third-order valence-corrected chi connectivity index (χ3v) is 3.77. The first-order valence-electron chi connectivity index (χ1n) is 5.54. The standard InChI is InChI=1S/C13H7Br2ClN2O3/c14-6-4-7(13(20)21)11(8(15)5-6)18-12(19)9-2-1-3-10(16)17-9/h1-5H,(H,18,19)(H,20,21). The number of carboxylic acid groups (broad SMARTS) is 1. The van der Waals surface area contributed by atoms with Crippen LogP contribution in [0, 0.1) is 0 Å². The Morgan fingerprint density at radius 3 is 2.57 bits per heavy atom. The Balaban J connectivity index is 2.39. The fraction of sp³-hybridized carbons (Fsp3) is 0. The lowest BCUT2D eigenvalue weighted by Gasteiger charge is -2.11. The summed E-state index contributed by atoms with van der Waals surface area (Å²) >= 11 is 12.2. The fourth-order valence-electron chi connectivity index (χ4n) is 1.58. The quantitative estimate of drug-likeness (QED) is 0.710. The first kappa shape index (κ1) is 15.9. The van der Waals surface area contributed by atoms with Gasteiger partial charge >= 0.3 is 5.97 Å². The molecule has 0 saturated carbocycles. The average molecular weight is 434 g/mol. The highest BCUT2D eigenvalue weighted by Crippen LogP contribution is 2.31. The summed E-state index contributed by atoms with van der Waals surface area (Å²) in [5.41, 5.74) is 0.192. The molecule has 0 unspecified atom stereocenters. The number of aromatic nitrogens is 1. The van der Waals surface area contributed by atoms with Gasteiger partial charge in [-0.25, -0.2) is 9.78 Å². The molecule has 8 heteroatoms. The zero-order chi connectivity index (χ0) is 15.6. The van der Waals surface area contributed by atoms with Crippen LogP contribution in [-0.2, 0) is 0 Å². The normalized spacial score (nSPS) is 10.2. The van der Waals surface area contributed by atoms with Crippen LogP contribution in [0.15, 0.2) is 39.3 Å². The number of amides is 1. The maximum Gasteiger partial charge on any atom is 0.337 e. The number of carbonyl (C=O) groups excluding carboxylic acids is 1. The van der Waals surface area contributed by atoms with Crippen LogP contribution >= 0.6 is 43.5 Å². The second kappa shape index (κ2) is 6.55. The summed E-state index contributed by atoms with van der Waals surface area (Å²) in [5, 5.41) is 11.9. The summed E-state index contributed by atoms with van der Waals surface area (Å²) in [6.45, 7) is 0. The molecule has 0 aliphatic carbocycles. The molecular formula is C13H7Br2ClN2O3. The number of benzene rings is 1. The molecule has 2 rings (SSSR count). The molecule has 5 nitrogen and oxygen atoms in total. The van der Waals surface area contributed by atoms with Gasteiger partial charge in [-0.2, -0.15) is 0 Å². The molecule has 0 aliphatic rings. The number of halogens is 3. The Bertz CT molecular complexity index is 737. The van der Waals surface area contributed by atoms with Crippen LogP contribution in [0.1, 0.15) is 20.8 Å². The van der Waals surface area contributed by atoms with Crippen molar-refractivity contribution in [3.05, 3.63) is 55.7 Å². The van der Waals surface area contributed by atoms with Gasteiger partial charge in [0, 0.05) is 8.95 Å². The van der Waals surface area contributed by atoms with E-state index in [9.17, 15) is 14.7 Å². The molecule has 1 heterocycles. The minimum atomic E-state index is -1.16. The Labute approximate surface area is 141 Å². The van der Waals surface area contributed by atoms with Crippen molar-refractivity contribution in [3.8, 4) is 0 Å². The Morgan fingerprint density at radius 2 is 1.95 bits per heavy atom. The predicted molar refractivity (Wildman–Crippen MR) is 86.0 cm³/mol. The monoisotopic (exact) mass is 432 g/mol. The van der Waals surface area contributed by atoms with Gasteiger partial charge < -0.3 is 10.4 Å². The topological polar surface area (TPSA) is 79.3 Å². The van der Waals surface area contributed by atoms with Crippen molar-refractivity contribution in [3.63, 3.8) is 0 Å². The molecule has 1 aromatic carbocycles. The highest BCUT2D eigenvalue weighted by atomic mass is 79.9. The second-order valence-electron chi connectivity index (χ2n) is 3.92. The highest BCUT2D eigenvalue weighted by molar-refractivity contribution is 9.11. The van der Waals surface area contributed by atoms with Crippen molar-refractivity contribution >= 4 is 61.0 Å². The van der Waals surface area contributed by atoms with Gasteiger partial charge in [-0.05, 0) is 40.2 Å². The Morgan fingerprint density at radius 1 is 1.24 bits per heavy atom. The predicted octanol–water partition coefficient (Wildman–Crippen LogP) is 4.21. The van der Waals surface area contributed by atoms with Gasteiger partial charge in [-0.15, -0.1) is 0 Å². The lowest BCUT2D eigenvalue weighted by molar-refractivity contribution is 0.0698. The van der Waals surface area contributed by atoms with Gasteiger partial charge in [0.25, 0.3) is 5.91 Å². The molecular weight excluding hydrogens is 427 g/mol. The van der Waals surface area contributed by atoms with Crippen molar-refractivity contribution in [2.45, 2.75) is 0 Å². The van der Waals surface area contributed by atoms with Crippen LogP contribution in [0.2, 0.25) is 5.15 Å². The third kappa shape index (κ3) is 3.81. The van der Waals surface area contributed by atoms with Gasteiger partial charge in [0.2, 0.25) is 0 Å². The van der Waals surface area contributed by atoms with E-state index in [1.54, 1.807) is 12.1 Å². The lowest BCUT2D eigenvalue weighted by Crippen LogP contribution is -2.16. The molecule has 2 N–H and O–H groups in total. The molecule has 0 atom stereocenters. The molecule has 1 amide bonds. The fourth-order valence-corrected chi connectivity index (χ4v) is 3.07. The molecule has 21 heavy (non-hydrogen) atoms. The number of nitrogens with one attached hydrogen (secondary N) is 1. The average Bonchev–Trinajstić information content (AvgIpc) is 2.41. The number of pyridine rings is 1. The van der Waals surface area contributed by atoms with E-state index in [-0.39, 0.29) is 22.1 Å². The van der Waals surface area contributed by atoms with Crippen molar-refractivity contribution in [2.24, 2.45) is 0 Å². The highest BCUT2D eigenvalue weighted by Gasteiger charge is 2.18. The molecule has 108 valence electrons. The van der Waals surface area contributed by atoms with Crippen LogP contribution in [0.3, 0.4) is 0 Å². The maximum atomic E-state index is 12.1. The number of hydrogen-bond donors (Lipinski definition) is 2. The van der Waals surface area contributed by atoms with Gasteiger partial charge in [0.15, 0.2) is 0 Å². The van der Waals surface area contributed by atoms with Crippen LogP contribution < -0.4 is 5.32 Å². The van der Waals surface area contributed by atoms with E-state index in [2.05, 4.69) is 42.2 Å². The first-order valence-corrected chi connectivity index (χ1v) is 7.51. The van der Waals surface area contributed by atoms with Crippen LogP contribution in [0.4, 0.5) is 5.69 Å². The first-order chi connectivity index (χ1) is 9.88. The largest absolute Gasteiger partial charge is 0.478 e. The van der Waals surface area contributed by atoms with Crippen molar-refractivity contribution in [1.82, 2.24) is 4.98 Å². The van der Waals surface area contributed by atoms with Crippen LogP contribution in [0.25, 0.3) is 0 Å². The zero-order valence-corrected chi connectivity index (χ0v) is 14.2. The number of carbonyl (C=O) groups is 2. The number of aromatic carboxylic acids is 1. The van der Waals surface area contributed by atoms with Gasteiger partial charge in [-0.3, -0.25) is 4.79 Å². The van der Waals surface area contributed by atoms with Crippen LogP contribution in [-0.4, -0.2) is 22.0 Å². The molecule has 0 saturated heterocycles. The second-order valence-corrected chi connectivity index (χ2v) is 6.07. The molecule has 0 spiro atoms. The van der Waals surface area contributed by atoms with E-state index in [1.807, 2.05) is 0 Å². The molecule has 0 bridgehead atoms. The van der Waals surface area contributed by atoms with E-state index < -0.39 is 11.9 Å². The number of anilines is 1. The summed E-state index contributed by atoms with van der Waals surface area (Å²) in [6, 6.07) is 7.63. The lowest BCUT2D eigenvalue weighted by atomic mass is 10.1. The number of hydrogen-bond acceptors (Lipinski definition) is 3. The van der Waals surface area contributed by atoms with Gasteiger partial charge in [0.05, 0.1) is 11.3 Å². The van der Waals surface area contributed by atoms with Crippen molar-refractivity contribution in [1.29, 1.82) is 0 Å².